The summed E-state index contributed by atoms with van der Waals surface area (Å²) >= 11 is 0. The molecule has 3 nitrogen and oxygen atoms in total. The average Bonchev–Trinajstić information content (AvgIpc) is 2.54. The monoisotopic (exact) mass is 302 g/mol. The van der Waals surface area contributed by atoms with Gasteiger partial charge in [-0.25, -0.2) is 0 Å². The van der Waals surface area contributed by atoms with Gasteiger partial charge < -0.3 is 22.4 Å². The van der Waals surface area contributed by atoms with Gasteiger partial charge in [0.1, 0.15) is 5.75 Å². The highest BCUT2D eigenvalue weighted by molar-refractivity contribution is 6.52. The van der Waals surface area contributed by atoms with Gasteiger partial charge in [0.15, 0.2) is 0 Å². The first-order valence-electron chi connectivity index (χ1n) is 6.74. The smallest absolute Gasteiger partial charge is 0.569 e. The van der Waals surface area contributed by atoms with E-state index in [1.807, 2.05) is 0 Å². The third-order valence-electron chi connectivity index (χ3n) is 3.22. The second-order valence-corrected chi connectivity index (χ2v) is 4.74. The van der Waals surface area contributed by atoms with Gasteiger partial charge in [-0.05, 0) is 36.4 Å². The molecule has 0 bridgehead atoms. The predicted octanol–water partition coefficient (Wildman–Crippen LogP) is 3.86. The average molecular weight is 302 g/mol. The van der Waals surface area contributed by atoms with Crippen molar-refractivity contribution in [1.29, 1.82) is 0 Å². The number of ketones is 1. The second-order valence-electron chi connectivity index (χ2n) is 4.74. The number of halogens is 2. The summed E-state index contributed by atoms with van der Waals surface area (Å²) in [7, 11) is -2.86. The molecule has 0 N–H and O–H groups in total. The predicted molar refractivity (Wildman–Crippen MR) is 80.8 cm³/mol. The lowest BCUT2D eigenvalue weighted by Crippen LogP contribution is -2.30. The Hall–Kier alpha value is -2.63. The fraction of sp³-hybridized carbons (Fsp3) is 0.0625. The zero-order valence-electron chi connectivity index (χ0n) is 11.8. The Morgan fingerprint density at radius 3 is 2.27 bits per heavy atom. The third-order valence-corrected chi connectivity index (χ3v) is 3.22. The summed E-state index contributed by atoms with van der Waals surface area (Å²) in [6.07, 6.45) is 1.47. The van der Waals surface area contributed by atoms with Crippen molar-refractivity contribution in [3.63, 3.8) is 0 Å². The number of rotatable bonds is 3. The van der Waals surface area contributed by atoms with Crippen molar-refractivity contribution in [2.75, 3.05) is 7.11 Å². The van der Waals surface area contributed by atoms with Crippen molar-refractivity contribution in [2.45, 2.75) is 0 Å². The molecule has 0 saturated heterocycles. The molecule has 0 fully saturated rings. The minimum Gasteiger partial charge on any atom is -0.569 e. The van der Waals surface area contributed by atoms with Crippen LogP contribution in [0.25, 0.3) is 5.76 Å². The van der Waals surface area contributed by atoms with Gasteiger partial charge >= 0.3 is 7.11 Å². The van der Waals surface area contributed by atoms with Crippen molar-refractivity contribution >= 4 is 18.6 Å². The highest BCUT2D eigenvalue weighted by Crippen LogP contribution is 2.29. The molecule has 0 atom stereocenters. The van der Waals surface area contributed by atoms with Gasteiger partial charge in [0, 0.05) is 5.56 Å². The normalized spacial score (nSPS) is 16.3. The first-order chi connectivity index (χ1) is 10.6. The Kier molecular flexibility index (Phi) is 3.67. The van der Waals surface area contributed by atoms with E-state index >= 15 is 0 Å². The SMILES string of the molecule is COc1ccc(C2=CC(c3ccccc3)=[O+][B-](F)(F)O2)cc1. The molecule has 0 aromatic heterocycles. The summed E-state index contributed by atoms with van der Waals surface area (Å²) in [6.45, 7) is 0. The number of hydrogen-bond acceptors (Lipinski definition) is 2. The van der Waals surface area contributed by atoms with Gasteiger partial charge in [0.05, 0.1) is 24.5 Å². The van der Waals surface area contributed by atoms with Crippen molar-refractivity contribution in [2.24, 2.45) is 0 Å². The summed E-state index contributed by atoms with van der Waals surface area (Å²) in [6, 6.07) is 15.4. The van der Waals surface area contributed by atoms with Gasteiger partial charge in [-0.15, -0.1) is 0 Å². The number of carbonyl (C=O) groups excluding carboxylic acids is 1. The summed E-state index contributed by atoms with van der Waals surface area (Å²) in [5.41, 5.74) is 1.09. The number of allylic oxidation sites excluding steroid dienone is 1. The lowest BCUT2D eigenvalue weighted by atomic mass is 10.0. The van der Waals surface area contributed by atoms with E-state index in [1.54, 1.807) is 54.6 Å². The van der Waals surface area contributed by atoms with Crippen LogP contribution in [0.5, 0.6) is 5.75 Å². The van der Waals surface area contributed by atoms with Crippen LogP contribution in [0.15, 0.2) is 60.7 Å². The lowest BCUT2D eigenvalue weighted by Gasteiger charge is -2.20. The molecule has 1 aliphatic heterocycles. The fourth-order valence-corrected chi connectivity index (χ4v) is 2.17. The summed E-state index contributed by atoms with van der Waals surface area (Å²) in [5.74, 6) is 0.793. The summed E-state index contributed by atoms with van der Waals surface area (Å²) in [5, 5.41) is 0. The maximum absolute atomic E-state index is 13.8. The lowest BCUT2D eigenvalue weighted by molar-refractivity contribution is -0.183. The Labute approximate surface area is 126 Å². The fourth-order valence-electron chi connectivity index (χ4n) is 2.17. The van der Waals surface area contributed by atoms with Gasteiger partial charge in [0.25, 0.3) is 5.78 Å². The van der Waals surface area contributed by atoms with Crippen LogP contribution in [0.1, 0.15) is 15.5 Å². The minimum absolute atomic E-state index is 0.0674. The van der Waals surface area contributed by atoms with E-state index in [4.69, 9.17) is 9.39 Å². The Bertz CT molecular complexity index is 725. The quantitative estimate of drug-likeness (QED) is 0.636. The molecule has 112 valence electrons. The zero-order valence-corrected chi connectivity index (χ0v) is 11.8. The van der Waals surface area contributed by atoms with Crippen LogP contribution in [-0.4, -0.2) is 20.0 Å². The summed E-state index contributed by atoms with van der Waals surface area (Å²) in [4.78, 5) is 0. The van der Waals surface area contributed by atoms with E-state index in [-0.39, 0.29) is 11.5 Å². The standard InChI is InChI=1S/C16H13BF2O3/c1-20-14-9-7-13(8-10-14)16-11-15(21-17(18,19)22-16)12-5-3-2-4-6-12/h2-11H,1H3. The van der Waals surface area contributed by atoms with Crippen LogP contribution in [-0.2, 0) is 4.65 Å². The number of ether oxygens (including phenoxy) is 1. The molecule has 0 radical (unpaired) electrons. The Morgan fingerprint density at radius 1 is 0.955 bits per heavy atom. The molecule has 0 aliphatic carbocycles. The van der Waals surface area contributed by atoms with Gasteiger partial charge in [-0.1, -0.05) is 18.2 Å². The number of benzene rings is 2. The van der Waals surface area contributed by atoms with E-state index in [9.17, 15) is 8.63 Å². The van der Waals surface area contributed by atoms with Crippen molar-refractivity contribution in [3.05, 3.63) is 71.8 Å². The largest absolute Gasteiger partial charge is 0.995 e. The van der Waals surface area contributed by atoms with Crippen LogP contribution >= 0.6 is 0 Å². The highest BCUT2D eigenvalue weighted by Gasteiger charge is 2.53. The molecule has 1 heterocycles. The zero-order chi connectivity index (χ0) is 15.6. The van der Waals surface area contributed by atoms with Crippen LogP contribution in [0.4, 0.5) is 8.63 Å². The first-order valence-corrected chi connectivity index (χ1v) is 6.74. The van der Waals surface area contributed by atoms with E-state index in [2.05, 4.69) is 4.34 Å². The number of methoxy groups -OCH3 is 1. The van der Waals surface area contributed by atoms with Gasteiger partial charge in [-0.2, -0.15) is 0 Å². The molecule has 2 aromatic carbocycles. The molecule has 6 heteroatoms. The molecule has 22 heavy (non-hydrogen) atoms. The minimum atomic E-state index is -4.40. The number of hydrogen-bond donors (Lipinski definition) is 0. The van der Waals surface area contributed by atoms with E-state index in [1.165, 1.54) is 13.2 Å². The van der Waals surface area contributed by atoms with Crippen LogP contribution < -0.4 is 4.74 Å². The summed E-state index contributed by atoms with van der Waals surface area (Å²) < 4.78 is 41.9. The molecule has 2 aromatic rings. The van der Waals surface area contributed by atoms with Crippen LogP contribution in [0.3, 0.4) is 0 Å². The van der Waals surface area contributed by atoms with Crippen molar-refractivity contribution in [3.8, 4) is 5.75 Å². The molecule has 0 unspecified atom stereocenters. The van der Waals surface area contributed by atoms with Crippen LogP contribution in [0, 0.1) is 0 Å². The maximum Gasteiger partial charge on any atom is 0.995 e. The third kappa shape index (κ3) is 3.00. The second kappa shape index (κ2) is 5.64. The maximum atomic E-state index is 13.8. The highest BCUT2D eigenvalue weighted by atomic mass is 19.3. The topological polar surface area (TPSA) is 29.8 Å². The molecular formula is C16H13BF2O3. The molecule has 0 saturated carbocycles. The Balaban J connectivity index is 2.00. The first kappa shape index (κ1) is 14.3. The molecular weight excluding hydrogens is 289 g/mol. The van der Waals surface area contributed by atoms with E-state index in [0.29, 0.717) is 16.9 Å². The van der Waals surface area contributed by atoms with Crippen molar-refractivity contribution < 1.29 is 22.4 Å². The van der Waals surface area contributed by atoms with E-state index in [0.717, 1.165) is 0 Å². The van der Waals surface area contributed by atoms with Crippen LogP contribution in [0.2, 0.25) is 0 Å². The molecule has 1 aliphatic rings. The Morgan fingerprint density at radius 2 is 1.64 bits per heavy atom. The van der Waals surface area contributed by atoms with Gasteiger partial charge in [-0.3, -0.25) is 0 Å². The molecule has 0 amide bonds. The van der Waals surface area contributed by atoms with Gasteiger partial charge in [0.2, 0.25) is 0 Å². The molecule has 3 rings (SSSR count). The molecule has 0 spiro atoms. The van der Waals surface area contributed by atoms with E-state index < -0.39 is 7.11 Å². The van der Waals surface area contributed by atoms with Crippen molar-refractivity contribution in [1.82, 2.24) is 0 Å².